The summed E-state index contributed by atoms with van der Waals surface area (Å²) in [5.41, 5.74) is 0. The predicted molar refractivity (Wildman–Crippen MR) is 55.5 cm³/mol. The molecule has 0 spiro atoms. The van der Waals surface area contributed by atoms with Gasteiger partial charge in [0.2, 0.25) is 0 Å². The van der Waals surface area contributed by atoms with Gasteiger partial charge in [-0.1, -0.05) is 18.2 Å². The van der Waals surface area contributed by atoms with Crippen molar-refractivity contribution in [3.63, 3.8) is 0 Å². The first-order chi connectivity index (χ1) is 6.33. The summed E-state index contributed by atoms with van der Waals surface area (Å²) in [4.78, 5) is 11.0. The van der Waals surface area contributed by atoms with Crippen LogP contribution < -0.4 is 4.74 Å². The van der Waals surface area contributed by atoms with Gasteiger partial charge in [-0.3, -0.25) is 4.79 Å². The molecule has 0 saturated heterocycles. The Morgan fingerprint density at radius 1 is 1.29 bits per heavy atom. The molecule has 1 aromatic carbocycles. The van der Waals surface area contributed by atoms with Gasteiger partial charge in [0.25, 0.3) is 0 Å². The molecular weight excluding hydrogens is 191 g/mol. The molecule has 0 radical (unpaired) electrons. The third kappa shape index (κ3) is 5.40. The molecular formula is C10H13NaO3. The summed E-state index contributed by atoms with van der Waals surface area (Å²) in [6, 6.07) is 8.89. The maximum atomic E-state index is 11.0. The number of aliphatic hydroxyl groups is 1. The maximum absolute atomic E-state index is 11.0. The van der Waals surface area contributed by atoms with Crippen LogP contribution in [0.5, 0.6) is 5.75 Å². The molecule has 1 rings (SSSR count). The van der Waals surface area contributed by atoms with Crippen LogP contribution in [-0.2, 0) is 4.79 Å². The van der Waals surface area contributed by atoms with E-state index in [0.29, 0.717) is 12.2 Å². The Hall–Kier alpha value is -0.350. The van der Waals surface area contributed by atoms with E-state index in [1.165, 1.54) is 0 Å². The number of hydrogen-bond acceptors (Lipinski definition) is 3. The van der Waals surface area contributed by atoms with Gasteiger partial charge in [-0.15, -0.1) is 0 Å². The Balaban J connectivity index is 0.00000169. The SMILES string of the molecule is O=C(CCCO)Oc1ccccc1.[NaH]. The Morgan fingerprint density at radius 2 is 1.93 bits per heavy atom. The van der Waals surface area contributed by atoms with Gasteiger partial charge in [-0.2, -0.15) is 0 Å². The van der Waals surface area contributed by atoms with E-state index in [9.17, 15) is 4.79 Å². The predicted octanol–water partition coefficient (Wildman–Crippen LogP) is 0.716. The van der Waals surface area contributed by atoms with E-state index >= 15 is 0 Å². The van der Waals surface area contributed by atoms with Crippen molar-refractivity contribution >= 4 is 35.5 Å². The van der Waals surface area contributed by atoms with Crippen molar-refractivity contribution in [3.05, 3.63) is 30.3 Å². The number of aliphatic hydroxyl groups excluding tert-OH is 1. The summed E-state index contributed by atoms with van der Waals surface area (Å²) < 4.78 is 4.97. The number of carbonyl (C=O) groups is 1. The first-order valence-electron chi connectivity index (χ1n) is 4.19. The molecule has 3 nitrogen and oxygen atoms in total. The van der Waals surface area contributed by atoms with Crippen LogP contribution in [0.3, 0.4) is 0 Å². The molecule has 1 aromatic rings. The van der Waals surface area contributed by atoms with Crippen molar-refractivity contribution in [1.29, 1.82) is 0 Å². The standard InChI is InChI=1S/C10H12O3.Na.H/c11-8-4-7-10(12)13-9-5-2-1-3-6-9;;/h1-3,5-6,11H,4,7-8H2;;. The van der Waals surface area contributed by atoms with Gasteiger partial charge < -0.3 is 9.84 Å². The Labute approximate surface area is 105 Å². The zero-order valence-corrected chi connectivity index (χ0v) is 7.27. The van der Waals surface area contributed by atoms with Crippen molar-refractivity contribution in [1.82, 2.24) is 0 Å². The summed E-state index contributed by atoms with van der Waals surface area (Å²) in [7, 11) is 0. The zero-order valence-electron chi connectivity index (χ0n) is 7.27. The molecule has 0 aliphatic rings. The zero-order chi connectivity index (χ0) is 9.52. The van der Waals surface area contributed by atoms with Gasteiger partial charge in [-0.25, -0.2) is 0 Å². The molecule has 0 atom stereocenters. The van der Waals surface area contributed by atoms with Crippen LogP contribution in [0.4, 0.5) is 0 Å². The van der Waals surface area contributed by atoms with E-state index in [2.05, 4.69) is 0 Å². The Bertz CT molecular complexity index is 261. The minimum atomic E-state index is -0.305. The monoisotopic (exact) mass is 204 g/mol. The summed E-state index contributed by atoms with van der Waals surface area (Å²) >= 11 is 0. The molecule has 4 heteroatoms. The Kier molecular flexibility index (Phi) is 7.80. The van der Waals surface area contributed by atoms with Crippen LogP contribution in [0.15, 0.2) is 30.3 Å². The average molecular weight is 204 g/mol. The molecule has 1 N–H and O–H groups in total. The number of esters is 1. The van der Waals surface area contributed by atoms with E-state index < -0.39 is 0 Å². The fourth-order valence-corrected chi connectivity index (χ4v) is 0.894. The minimum absolute atomic E-state index is 0. The number of para-hydroxylation sites is 1. The fourth-order valence-electron chi connectivity index (χ4n) is 0.894. The van der Waals surface area contributed by atoms with E-state index in [1.807, 2.05) is 6.07 Å². The number of hydrogen-bond donors (Lipinski definition) is 1. The van der Waals surface area contributed by atoms with Crippen LogP contribution in [-0.4, -0.2) is 47.2 Å². The summed E-state index contributed by atoms with van der Waals surface area (Å²) in [6.45, 7) is 0.0177. The van der Waals surface area contributed by atoms with Gasteiger partial charge in [0.1, 0.15) is 5.75 Å². The molecule has 0 heterocycles. The van der Waals surface area contributed by atoms with Crippen molar-refractivity contribution in [2.75, 3.05) is 6.61 Å². The molecule has 0 amide bonds. The van der Waals surface area contributed by atoms with Crippen molar-refractivity contribution in [2.24, 2.45) is 0 Å². The number of rotatable bonds is 4. The van der Waals surface area contributed by atoms with Gasteiger partial charge >= 0.3 is 35.5 Å². The quantitative estimate of drug-likeness (QED) is 0.446. The van der Waals surface area contributed by atoms with Gasteiger partial charge in [0.15, 0.2) is 0 Å². The molecule has 0 bridgehead atoms. The van der Waals surface area contributed by atoms with Crippen molar-refractivity contribution in [2.45, 2.75) is 12.8 Å². The third-order valence-electron chi connectivity index (χ3n) is 1.51. The molecule has 0 saturated carbocycles. The fraction of sp³-hybridized carbons (Fsp3) is 0.300. The first-order valence-corrected chi connectivity index (χ1v) is 4.19. The molecule has 0 aliphatic heterocycles. The normalized spacial score (nSPS) is 8.93. The summed E-state index contributed by atoms with van der Waals surface area (Å²) in [5, 5.41) is 8.47. The second-order valence-corrected chi connectivity index (χ2v) is 2.61. The van der Waals surface area contributed by atoms with E-state index in [1.54, 1.807) is 24.3 Å². The van der Waals surface area contributed by atoms with Gasteiger partial charge in [-0.05, 0) is 18.6 Å². The molecule has 72 valence electrons. The average Bonchev–Trinajstić information content (AvgIpc) is 2.16. The van der Waals surface area contributed by atoms with E-state index in [0.717, 1.165) is 0 Å². The first kappa shape index (κ1) is 13.7. The van der Waals surface area contributed by atoms with Crippen molar-refractivity contribution < 1.29 is 14.6 Å². The van der Waals surface area contributed by atoms with Crippen molar-refractivity contribution in [3.8, 4) is 5.75 Å². The number of benzene rings is 1. The molecule has 0 aliphatic carbocycles. The van der Waals surface area contributed by atoms with Crippen LogP contribution in [0.25, 0.3) is 0 Å². The Morgan fingerprint density at radius 3 is 2.50 bits per heavy atom. The number of carbonyl (C=O) groups excluding carboxylic acids is 1. The molecule has 0 fully saturated rings. The van der Waals surface area contributed by atoms with Gasteiger partial charge in [0, 0.05) is 13.0 Å². The topological polar surface area (TPSA) is 46.5 Å². The van der Waals surface area contributed by atoms with E-state index in [4.69, 9.17) is 9.84 Å². The van der Waals surface area contributed by atoms with Gasteiger partial charge in [0.05, 0.1) is 0 Å². The summed E-state index contributed by atoms with van der Waals surface area (Å²) in [6.07, 6.45) is 0.705. The van der Waals surface area contributed by atoms with Crippen LogP contribution in [0.2, 0.25) is 0 Å². The van der Waals surface area contributed by atoms with Crippen LogP contribution >= 0.6 is 0 Å². The van der Waals surface area contributed by atoms with Crippen LogP contribution in [0.1, 0.15) is 12.8 Å². The third-order valence-corrected chi connectivity index (χ3v) is 1.51. The second-order valence-electron chi connectivity index (χ2n) is 2.61. The molecule has 14 heavy (non-hydrogen) atoms. The molecule has 0 unspecified atom stereocenters. The molecule has 0 aromatic heterocycles. The second kappa shape index (κ2) is 8.00. The van der Waals surface area contributed by atoms with Crippen LogP contribution in [0, 0.1) is 0 Å². The number of ether oxygens (including phenoxy) is 1. The van der Waals surface area contributed by atoms with E-state index in [-0.39, 0.29) is 48.6 Å². The summed E-state index contributed by atoms with van der Waals surface area (Å²) in [5.74, 6) is 0.241.